The number of halogens is 4. The summed E-state index contributed by atoms with van der Waals surface area (Å²) in [5.74, 6) is -1.13. The van der Waals surface area contributed by atoms with Gasteiger partial charge in [-0.05, 0) is 70.8 Å². The van der Waals surface area contributed by atoms with Gasteiger partial charge in [-0.25, -0.2) is 38.0 Å². The first-order valence-electron chi connectivity index (χ1n) is 30.4. The lowest BCUT2D eigenvalue weighted by atomic mass is 10.1. The van der Waals surface area contributed by atoms with Crippen molar-refractivity contribution in [1.82, 2.24) is 60.5 Å². The Morgan fingerprint density at radius 2 is 0.742 bits per heavy atom. The van der Waals surface area contributed by atoms with Gasteiger partial charge in [0.05, 0.1) is 111 Å². The van der Waals surface area contributed by atoms with E-state index in [4.69, 9.17) is 18.9 Å². The van der Waals surface area contributed by atoms with Crippen molar-refractivity contribution in [3.63, 3.8) is 0 Å². The van der Waals surface area contributed by atoms with Crippen LogP contribution in [0.3, 0.4) is 0 Å². The van der Waals surface area contributed by atoms with Gasteiger partial charge in [0.2, 0.25) is 23.6 Å². The highest BCUT2D eigenvalue weighted by atomic mass is 19.1. The Bertz CT molecular complexity index is 2710. The van der Waals surface area contributed by atoms with E-state index < -0.39 is 0 Å². The molecular weight excluding hydrogens is 1160 g/mol. The molecule has 0 saturated carbocycles. The molecule has 25 heteroatoms. The summed E-state index contributed by atoms with van der Waals surface area (Å²) in [7, 11) is 5.60. The van der Waals surface area contributed by atoms with Crippen molar-refractivity contribution in [1.29, 1.82) is 0 Å². The molecule has 0 aromatic heterocycles. The molecule has 8 heterocycles. The quantitative estimate of drug-likeness (QED) is 0.210. The van der Waals surface area contributed by atoms with Crippen LogP contribution in [0, 0.1) is 23.3 Å². The molecule has 0 bridgehead atoms. The normalized spacial score (nSPS) is 22.1. The molecule has 4 aromatic rings. The van der Waals surface area contributed by atoms with E-state index in [-0.39, 0.29) is 79.6 Å². The number of hydrazine groups is 4. The number of carbonyl (C=O) groups excluding carboxylic acids is 5. The molecule has 4 aromatic carbocycles. The Kier molecular flexibility index (Phi) is 28.3. The predicted octanol–water partition coefficient (Wildman–Crippen LogP) is 2.80. The minimum absolute atomic E-state index is 0. The van der Waals surface area contributed by atoms with Crippen molar-refractivity contribution in [3.05, 3.63) is 143 Å². The highest BCUT2D eigenvalue weighted by Gasteiger charge is 2.37. The average molecular weight is 1250 g/mol. The molecule has 12 rings (SSSR count). The number of nitrogens with one attached hydrogen (secondary N) is 2. The van der Waals surface area contributed by atoms with Crippen LogP contribution in [0.15, 0.2) is 97.1 Å². The van der Waals surface area contributed by atoms with E-state index in [2.05, 4.69) is 25.4 Å². The molecule has 8 aliphatic heterocycles. The fraction of sp³-hybridized carbons (Fsp3) is 0.547. The van der Waals surface area contributed by atoms with Crippen molar-refractivity contribution >= 4 is 29.4 Å². The molecule has 21 nitrogen and oxygen atoms in total. The Morgan fingerprint density at radius 1 is 0.416 bits per heavy atom. The minimum atomic E-state index is -0.324. The number of rotatable bonds is 11. The summed E-state index contributed by atoms with van der Waals surface area (Å²) < 4.78 is 72.5. The third-order valence-electron chi connectivity index (χ3n) is 16.4. The molecule has 4 amide bonds. The van der Waals surface area contributed by atoms with E-state index in [9.17, 15) is 41.5 Å². The maximum Gasteiger partial charge on any atom is 0.241 e. The van der Waals surface area contributed by atoms with Crippen molar-refractivity contribution in [3.8, 4) is 0 Å². The Labute approximate surface area is 521 Å². The first-order chi connectivity index (χ1) is 42.5. The molecule has 8 aliphatic rings. The maximum atomic E-state index is 12.9. The summed E-state index contributed by atoms with van der Waals surface area (Å²) in [6, 6.07) is 25.2. The van der Waals surface area contributed by atoms with Gasteiger partial charge in [-0.3, -0.25) is 58.7 Å². The summed E-state index contributed by atoms with van der Waals surface area (Å²) in [5, 5.41) is 15.5. The smallest absolute Gasteiger partial charge is 0.241 e. The van der Waals surface area contributed by atoms with Crippen molar-refractivity contribution < 1.29 is 60.5 Å². The molecule has 89 heavy (non-hydrogen) atoms. The summed E-state index contributed by atoms with van der Waals surface area (Å²) in [6.07, 6.45) is 1.09. The number of benzene rings is 4. The Balaban J connectivity index is 0.000000164. The number of hydrogen-bond acceptors (Lipinski definition) is 17. The van der Waals surface area contributed by atoms with E-state index in [1.54, 1.807) is 65.6 Å². The van der Waals surface area contributed by atoms with Crippen LogP contribution in [-0.2, 0) is 68.6 Å². The van der Waals surface area contributed by atoms with Gasteiger partial charge in [-0.1, -0.05) is 56.0 Å². The second-order valence-corrected chi connectivity index (χ2v) is 22.8. The molecule has 3 unspecified atom stereocenters. The number of ketones is 1. The maximum absolute atomic E-state index is 12.9. The summed E-state index contributed by atoms with van der Waals surface area (Å²) >= 11 is 0. The number of hydrogen-bond donors (Lipinski definition) is 2. The summed E-state index contributed by atoms with van der Waals surface area (Å²) in [5.41, 5.74) is 6.42. The van der Waals surface area contributed by atoms with Crippen LogP contribution in [0.1, 0.15) is 29.7 Å². The van der Waals surface area contributed by atoms with E-state index in [1.165, 1.54) is 53.5 Å². The fourth-order valence-electron chi connectivity index (χ4n) is 11.4. The van der Waals surface area contributed by atoms with Gasteiger partial charge in [0.25, 0.3) is 0 Å². The van der Waals surface area contributed by atoms with Crippen LogP contribution >= 0.6 is 0 Å². The van der Waals surface area contributed by atoms with E-state index in [1.807, 2.05) is 34.1 Å². The SMILES string of the molecule is C.C1COCCN1.CN1CC(=O)CN1C(=O)Cc1ccc(F)cc1.CN1CC(N2CCOCC2)CN1C(=O)Cc1ccc(F)cc1.CN1CC(N2CCOCC2)CN1C(=O)Cc1ccc(F)cc1.O=C(Cc1ccc(F)cc1)N1CC(N2CCOCC2)CN1. The lowest BCUT2D eigenvalue weighted by Gasteiger charge is -2.31. The van der Waals surface area contributed by atoms with Crippen LogP contribution in [0.5, 0.6) is 0 Å². The second-order valence-electron chi connectivity index (χ2n) is 22.8. The third kappa shape index (κ3) is 22.2. The van der Waals surface area contributed by atoms with Crippen LogP contribution in [0.4, 0.5) is 17.6 Å². The monoisotopic (exact) mass is 1250 g/mol. The lowest BCUT2D eigenvalue weighted by Crippen LogP contribution is -2.46. The van der Waals surface area contributed by atoms with Crippen LogP contribution in [0.25, 0.3) is 0 Å². The molecule has 3 atom stereocenters. The number of morpholine rings is 4. The van der Waals surface area contributed by atoms with Gasteiger partial charge in [0, 0.05) is 111 Å². The largest absolute Gasteiger partial charge is 0.379 e. The first-order valence-corrected chi connectivity index (χ1v) is 30.4. The molecule has 0 aliphatic carbocycles. The van der Waals surface area contributed by atoms with Crippen molar-refractivity contribution in [2.24, 2.45) is 0 Å². The van der Waals surface area contributed by atoms with Gasteiger partial charge in [0.15, 0.2) is 5.78 Å². The van der Waals surface area contributed by atoms with Gasteiger partial charge >= 0.3 is 0 Å². The van der Waals surface area contributed by atoms with Crippen LogP contribution in [-0.4, -0.2) is 276 Å². The molecule has 8 saturated heterocycles. The molecule has 0 radical (unpaired) electrons. The molecular formula is C64H90F4N12O9. The highest BCUT2D eigenvalue weighted by molar-refractivity contribution is 5.90. The van der Waals surface area contributed by atoms with Crippen molar-refractivity contribution in [2.75, 3.05) is 179 Å². The van der Waals surface area contributed by atoms with Gasteiger partial charge in [-0.2, -0.15) is 0 Å². The topological polar surface area (TPSA) is 179 Å². The van der Waals surface area contributed by atoms with E-state index >= 15 is 0 Å². The number of likely N-dealkylation sites (N-methyl/N-ethyl adjacent to an activating group) is 3. The number of ether oxygens (including phenoxy) is 4. The van der Waals surface area contributed by atoms with E-state index in [0.29, 0.717) is 43.9 Å². The number of nitrogens with zero attached hydrogens (tertiary/aromatic N) is 10. The predicted molar refractivity (Wildman–Crippen MR) is 327 cm³/mol. The number of amides is 4. The molecule has 8 fully saturated rings. The highest BCUT2D eigenvalue weighted by Crippen LogP contribution is 2.20. The molecule has 0 spiro atoms. The zero-order valence-corrected chi connectivity index (χ0v) is 50.9. The lowest BCUT2D eigenvalue weighted by molar-refractivity contribution is -0.141. The number of Topliss-reactive ketones (excluding diaryl/α,β-unsaturated/α-hetero) is 1. The second kappa shape index (κ2) is 35.9. The first kappa shape index (κ1) is 70.1. The Morgan fingerprint density at radius 3 is 1.06 bits per heavy atom. The molecule has 488 valence electrons. The van der Waals surface area contributed by atoms with Crippen LogP contribution < -0.4 is 10.7 Å². The minimum Gasteiger partial charge on any atom is -0.379 e. The zero-order chi connectivity index (χ0) is 62.4. The standard InChI is InChI=1S/2C16H22FN3O2.C15H20FN3O2.C12H13FN2O2.C4H9NO.CH4/c2*1-18-11-15(19-6-8-22-9-7-19)12-20(18)16(21)10-13-2-4-14(17)5-3-13;16-13-3-1-12(2-4-13)9-15(20)19-11-14(10-17-19)18-5-7-21-8-6-18;1-14-7-11(16)8-15(14)12(17)6-9-2-4-10(13)5-3-9;1-3-6-4-2-5-1;/h2*2-5,15H,6-12H2,1H3;1-4,14,17H,5-11H2;2-5H,6-8H2,1H3;5H,1-4H2;1H4. The Hall–Kier alpha value is -6.33. The van der Waals surface area contributed by atoms with E-state index in [0.717, 1.165) is 160 Å². The fourth-order valence-corrected chi connectivity index (χ4v) is 11.4. The number of carbonyl (C=O) groups is 5. The summed E-state index contributed by atoms with van der Waals surface area (Å²) in [6.45, 7) is 19.0. The molecule has 2 N–H and O–H groups in total. The van der Waals surface area contributed by atoms with Crippen molar-refractivity contribution in [2.45, 2.75) is 51.2 Å². The van der Waals surface area contributed by atoms with Gasteiger partial charge < -0.3 is 24.3 Å². The summed E-state index contributed by atoms with van der Waals surface area (Å²) in [4.78, 5) is 67.5. The third-order valence-corrected chi connectivity index (χ3v) is 16.4. The zero-order valence-electron chi connectivity index (χ0n) is 50.9. The average Bonchev–Trinajstić information content (AvgIpc) is 3.21. The van der Waals surface area contributed by atoms with Crippen LogP contribution in [0.2, 0.25) is 0 Å². The van der Waals surface area contributed by atoms with Gasteiger partial charge in [0.1, 0.15) is 23.3 Å². The van der Waals surface area contributed by atoms with Gasteiger partial charge in [-0.15, -0.1) is 0 Å².